The number of aromatic nitrogens is 2. The number of carbonyl (C=O) groups excluding carboxylic acids is 1. The van der Waals surface area contributed by atoms with Gasteiger partial charge in [0, 0.05) is 41.1 Å². The fourth-order valence-electron chi connectivity index (χ4n) is 3.33. The molecule has 0 saturated carbocycles. The van der Waals surface area contributed by atoms with Crippen LogP contribution in [0.4, 0.5) is 5.69 Å². The molecule has 0 fully saturated rings. The molecule has 1 aromatic heterocycles. The van der Waals surface area contributed by atoms with Crippen molar-refractivity contribution in [3.63, 3.8) is 0 Å². The molecule has 2 aromatic carbocycles. The zero-order chi connectivity index (χ0) is 17.4. The van der Waals surface area contributed by atoms with Crippen molar-refractivity contribution in [3.8, 4) is 11.3 Å². The molecule has 0 aliphatic carbocycles. The molecule has 2 heterocycles. The highest BCUT2D eigenvalue weighted by Crippen LogP contribution is 2.42. The van der Waals surface area contributed by atoms with Gasteiger partial charge in [-0.1, -0.05) is 36.4 Å². The summed E-state index contributed by atoms with van der Waals surface area (Å²) in [7, 11) is 1.92. The van der Waals surface area contributed by atoms with Crippen LogP contribution in [-0.2, 0) is 12.8 Å². The molecule has 0 spiro atoms. The zero-order valence-electron chi connectivity index (χ0n) is 14.3. The molecule has 0 bridgehead atoms. The number of aryl methyl sites for hydroxylation is 1. The van der Waals surface area contributed by atoms with Crippen molar-refractivity contribution in [1.29, 1.82) is 0 Å². The van der Waals surface area contributed by atoms with Crippen molar-refractivity contribution in [3.05, 3.63) is 65.9 Å². The van der Waals surface area contributed by atoms with Crippen LogP contribution < -0.4 is 4.90 Å². The molecule has 5 heteroatoms. The number of anilines is 1. The fourth-order valence-corrected chi connectivity index (χ4v) is 4.40. The molecule has 0 radical (unpaired) electrons. The van der Waals surface area contributed by atoms with Gasteiger partial charge in [-0.05, 0) is 25.1 Å². The molecular formula is C20H19N3OS. The highest BCUT2D eigenvalue weighted by Gasteiger charge is 2.29. The van der Waals surface area contributed by atoms with Gasteiger partial charge in [-0.25, -0.2) is 0 Å². The van der Waals surface area contributed by atoms with Crippen LogP contribution in [0.5, 0.6) is 0 Å². The summed E-state index contributed by atoms with van der Waals surface area (Å²) >= 11 is 1.77. The van der Waals surface area contributed by atoms with Gasteiger partial charge >= 0.3 is 0 Å². The number of fused-ring (bicyclic) bond motifs is 3. The Morgan fingerprint density at radius 2 is 1.88 bits per heavy atom. The Morgan fingerprint density at radius 1 is 1.16 bits per heavy atom. The normalized spacial score (nSPS) is 12.4. The number of para-hydroxylation sites is 1. The van der Waals surface area contributed by atoms with E-state index >= 15 is 0 Å². The van der Waals surface area contributed by atoms with Gasteiger partial charge in [0.05, 0.1) is 5.69 Å². The number of amides is 1. The van der Waals surface area contributed by atoms with Crippen LogP contribution >= 0.6 is 11.8 Å². The minimum atomic E-state index is -0.0365. The number of thioether (sulfide) groups is 1. The van der Waals surface area contributed by atoms with Crippen LogP contribution in [0.1, 0.15) is 23.0 Å². The Hall–Kier alpha value is -2.53. The largest absolute Gasteiger partial charge is 0.307 e. The summed E-state index contributed by atoms with van der Waals surface area (Å²) in [4.78, 5) is 16.2. The number of nitrogens with zero attached hydrogens (tertiary/aromatic N) is 3. The lowest BCUT2D eigenvalue weighted by atomic mass is 10.1. The summed E-state index contributed by atoms with van der Waals surface area (Å²) in [6.07, 6.45) is 0. The van der Waals surface area contributed by atoms with Gasteiger partial charge in [-0.2, -0.15) is 5.10 Å². The Balaban J connectivity index is 1.79. The van der Waals surface area contributed by atoms with Crippen molar-refractivity contribution in [1.82, 2.24) is 9.78 Å². The Bertz CT molecular complexity index is 933. The summed E-state index contributed by atoms with van der Waals surface area (Å²) < 4.78 is 1.85. The maximum atomic E-state index is 13.2. The SMILES string of the molecule is CCN(C(=O)c1nn(C)c2c1CSc1ccccc1-2)c1ccccc1. The minimum Gasteiger partial charge on any atom is -0.307 e. The highest BCUT2D eigenvalue weighted by molar-refractivity contribution is 7.98. The average Bonchev–Trinajstić information content (AvgIpc) is 3.00. The minimum absolute atomic E-state index is 0.0365. The molecule has 4 rings (SSSR count). The second-order valence-corrected chi connectivity index (χ2v) is 6.99. The molecule has 0 atom stereocenters. The standard InChI is InChI=1S/C20H19N3OS/c1-3-23(14-9-5-4-6-10-14)20(24)18-16-13-25-17-12-8-7-11-15(17)19(16)22(2)21-18/h4-12H,3,13H2,1-2H3. The second kappa shape index (κ2) is 6.41. The van der Waals surface area contributed by atoms with E-state index in [4.69, 9.17) is 0 Å². The van der Waals surface area contributed by atoms with Crippen LogP contribution in [-0.4, -0.2) is 22.2 Å². The van der Waals surface area contributed by atoms with E-state index in [1.54, 1.807) is 16.7 Å². The molecule has 3 aromatic rings. The molecular weight excluding hydrogens is 330 g/mol. The number of hydrogen-bond donors (Lipinski definition) is 0. The van der Waals surface area contributed by atoms with E-state index in [0.29, 0.717) is 12.2 Å². The zero-order valence-corrected chi connectivity index (χ0v) is 15.1. The smallest absolute Gasteiger partial charge is 0.279 e. The number of carbonyl (C=O) groups is 1. The molecule has 4 nitrogen and oxygen atoms in total. The van der Waals surface area contributed by atoms with E-state index in [1.165, 1.54) is 4.90 Å². The maximum Gasteiger partial charge on any atom is 0.279 e. The van der Waals surface area contributed by atoms with Gasteiger partial charge in [-0.3, -0.25) is 9.48 Å². The van der Waals surface area contributed by atoms with Crippen molar-refractivity contribution in [2.75, 3.05) is 11.4 Å². The summed E-state index contributed by atoms with van der Waals surface area (Å²) in [5.74, 6) is 0.735. The van der Waals surface area contributed by atoms with E-state index in [-0.39, 0.29) is 5.91 Å². The van der Waals surface area contributed by atoms with Gasteiger partial charge < -0.3 is 4.90 Å². The molecule has 0 saturated heterocycles. The van der Waals surface area contributed by atoms with Crippen LogP contribution in [0.15, 0.2) is 59.5 Å². The maximum absolute atomic E-state index is 13.2. The van der Waals surface area contributed by atoms with Gasteiger partial charge in [0.15, 0.2) is 5.69 Å². The third-order valence-electron chi connectivity index (χ3n) is 4.49. The number of rotatable bonds is 3. The highest BCUT2D eigenvalue weighted by atomic mass is 32.2. The predicted molar refractivity (Wildman–Crippen MR) is 102 cm³/mol. The van der Waals surface area contributed by atoms with Gasteiger partial charge in [0.25, 0.3) is 5.91 Å². The van der Waals surface area contributed by atoms with Crippen LogP contribution in [0, 0.1) is 0 Å². The summed E-state index contributed by atoms with van der Waals surface area (Å²) in [6, 6.07) is 18.1. The van der Waals surface area contributed by atoms with Crippen molar-refractivity contribution < 1.29 is 4.79 Å². The van der Waals surface area contributed by atoms with Crippen molar-refractivity contribution >= 4 is 23.4 Å². The molecule has 0 N–H and O–H groups in total. The fraction of sp³-hybridized carbons (Fsp3) is 0.200. The Kier molecular flexibility index (Phi) is 4.09. The quantitative estimate of drug-likeness (QED) is 0.705. The third-order valence-corrected chi connectivity index (χ3v) is 5.59. The van der Waals surface area contributed by atoms with Crippen molar-refractivity contribution in [2.45, 2.75) is 17.6 Å². The van der Waals surface area contributed by atoms with E-state index in [9.17, 15) is 4.79 Å². The average molecular weight is 349 g/mol. The summed E-state index contributed by atoms with van der Waals surface area (Å²) in [6.45, 7) is 2.60. The summed E-state index contributed by atoms with van der Waals surface area (Å²) in [5, 5.41) is 4.60. The topological polar surface area (TPSA) is 38.1 Å². The first kappa shape index (κ1) is 16.0. The molecule has 1 aliphatic heterocycles. The van der Waals surface area contributed by atoms with E-state index in [2.05, 4.69) is 17.2 Å². The lowest BCUT2D eigenvalue weighted by molar-refractivity contribution is 0.0982. The van der Waals surface area contributed by atoms with Gasteiger partial charge in [0.2, 0.25) is 0 Å². The third kappa shape index (κ3) is 2.65. The molecule has 1 amide bonds. The summed E-state index contributed by atoms with van der Waals surface area (Å²) in [5.41, 5.74) is 4.71. The van der Waals surface area contributed by atoms with Gasteiger partial charge in [-0.15, -0.1) is 11.8 Å². The number of hydrogen-bond acceptors (Lipinski definition) is 3. The van der Waals surface area contributed by atoms with E-state index in [0.717, 1.165) is 28.3 Å². The first-order valence-corrected chi connectivity index (χ1v) is 9.34. The van der Waals surface area contributed by atoms with Crippen LogP contribution in [0.2, 0.25) is 0 Å². The first-order valence-electron chi connectivity index (χ1n) is 8.35. The van der Waals surface area contributed by atoms with Crippen molar-refractivity contribution in [2.24, 2.45) is 7.05 Å². The Labute approximate surface area is 151 Å². The van der Waals surface area contributed by atoms with Crippen LogP contribution in [0.3, 0.4) is 0 Å². The lowest BCUT2D eigenvalue weighted by Gasteiger charge is -2.21. The Morgan fingerprint density at radius 3 is 2.64 bits per heavy atom. The molecule has 126 valence electrons. The van der Waals surface area contributed by atoms with Gasteiger partial charge in [0.1, 0.15) is 0 Å². The molecule has 0 unspecified atom stereocenters. The first-order chi connectivity index (χ1) is 12.2. The van der Waals surface area contributed by atoms with Crippen LogP contribution in [0.25, 0.3) is 11.3 Å². The lowest BCUT2D eigenvalue weighted by Crippen LogP contribution is -2.31. The second-order valence-electron chi connectivity index (χ2n) is 5.97. The molecule has 25 heavy (non-hydrogen) atoms. The molecule has 1 aliphatic rings. The number of benzene rings is 2. The van der Waals surface area contributed by atoms with E-state index in [1.807, 2.05) is 61.1 Å². The predicted octanol–water partition coefficient (Wildman–Crippen LogP) is 4.36. The van der Waals surface area contributed by atoms with E-state index < -0.39 is 0 Å². The monoisotopic (exact) mass is 349 g/mol.